The van der Waals surface area contributed by atoms with E-state index in [1.165, 1.54) is 38.8 Å². The number of rotatable bonds is 4. The molecule has 1 saturated carbocycles. The van der Waals surface area contributed by atoms with Crippen molar-refractivity contribution in [2.75, 3.05) is 19.6 Å². The fourth-order valence-corrected chi connectivity index (χ4v) is 4.50. The zero-order chi connectivity index (χ0) is 15.6. The molecule has 1 N–H and O–H groups in total. The molecular weight excluding hydrogens is 256 g/mol. The molecule has 1 aliphatic carbocycles. The molecule has 2 rings (SSSR count). The minimum atomic E-state index is 0.465. The van der Waals surface area contributed by atoms with Crippen LogP contribution in [0.1, 0.15) is 67.2 Å². The molecule has 21 heavy (non-hydrogen) atoms. The molecule has 0 spiro atoms. The monoisotopic (exact) mass is 294 g/mol. The van der Waals surface area contributed by atoms with Gasteiger partial charge in [0.15, 0.2) is 0 Å². The molecule has 4 atom stereocenters. The minimum absolute atomic E-state index is 0.465. The second-order valence-electron chi connectivity index (χ2n) is 8.90. The third kappa shape index (κ3) is 4.22. The molecule has 1 aliphatic heterocycles. The molecule has 124 valence electrons. The van der Waals surface area contributed by atoms with Gasteiger partial charge in [0.2, 0.25) is 0 Å². The first kappa shape index (κ1) is 17.3. The van der Waals surface area contributed by atoms with Crippen molar-refractivity contribution in [1.82, 2.24) is 10.2 Å². The Bertz CT molecular complexity index is 318. The Hall–Kier alpha value is -0.0800. The standard InChI is InChI=1S/C19H38N2/c1-7-20-17-9-8-16(19(4,5)6)12-18(17)21-11-10-15(13-21)14(2)3/h14-18,20H,7-13H2,1-6H3. The largest absolute Gasteiger partial charge is 0.313 e. The number of likely N-dealkylation sites (tertiary alicyclic amines) is 1. The van der Waals surface area contributed by atoms with Crippen LogP contribution in [-0.4, -0.2) is 36.6 Å². The van der Waals surface area contributed by atoms with Gasteiger partial charge in [-0.3, -0.25) is 4.90 Å². The summed E-state index contributed by atoms with van der Waals surface area (Å²) in [6, 6.07) is 1.49. The molecule has 0 radical (unpaired) electrons. The van der Waals surface area contributed by atoms with Gasteiger partial charge < -0.3 is 5.32 Å². The summed E-state index contributed by atoms with van der Waals surface area (Å²) in [5.74, 6) is 2.65. The Labute approximate surface area is 133 Å². The summed E-state index contributed by atoms with van der Waals surface area (Å²) in [6.07, 6.45) is 5.57. The summed E-state index contributed by atoms with van der Waals surface area (Å²) >= 11 is 0. The maximum absolute atomic E-state index is 3.79. The van der Waals surface area contributed by atoms with Crippen molar-refractivity contribution in [1.29, 1.82) is 0 Å². The van der Waals surface area contributed by atoms with E-state index < -0.39 is 0 Å². The molecule has 2 nitrogen and oxygen atoms in total. The molecule has 0 aromatic rings. The minimum Gasteiger partial charge on any atom is -0.313 e. The molecule has 1 heterocycles. The zero-order valence-corrected chi connectivity index (χ0v) is 15.3. The molecule has 1 saturated heterocycles. The van der Waals surface area contributed by atoms with E-state index in [2.05, 4.69) is 51.8 Å². The van der Waals surface area contributed by atoms with Crippen molar-refractivity contribution in [3.63, 3.8) is 0 Å². The lowest BCUT2D eigenvalue weighted by Gasteiger charge is -2.45. The summed E-state index contributed by atoms with van der Waals surface area (Å²) in [4.78, 5) is 2.83. The average Bonchev–Trinajstić information content (AvgIpc) is 2.88. The van der Waals surface area contributed by atoms with Crippen molar-refractivity contribution in [2.45, 2.75) is 79.3 Å². The van der Waals surface area contributed by atoms with Crippen molar-refractivity contribution in [2.24, 2.45) is 23.2 Å². The fourth-order valence-electron chi connectivity index (χ4n) is 4.50. The van der Waals surface area contributed by atoms with Crippen molar-refractivity contribution in [3.05, 3.63) is 0 Å². The van der Waals surface area contributed by atoms with E-state index >= 15 is 0 Å². The van der Waals surface area contributed by atoms with Crippen molar-refractivity contribution in [3.8, 4) is 0 Å². The molecular formula is C19H38N2. The van der Waals surface area contributed by atoms with E-state index in [4.69, 9.17) is 0 Å². The molecule has 2 fully saturated rings. The molecule has 0 aromatic carbocycles. The van der Waals surface area contributed by atoms with E-state index in [1.807, 2.05) is 0 Å². The van der Waals surface area contributed by atoms with Crippen LogP contribution in [0.5, 0.6) is 0 Å². The van der Waals surface area contributed by atoms with Crippen LogP contribution in [0.2, 0.25) is 0 Å². The van der Waals surface area contributed by atoms with Gasteiger partial charge in [0.05, 0.1) is 0 Å². The highest BCUT2D eigenvalue weighted by Crippen LogP contribution is 2.40. The molecule has 4 unspecified atom stereocenters. The van der Waals surface area contributed by atoms with Gasteiger partial charge in [0.1, 0.15) is 0 Å². The van der Waals surface area contributed by atoms with Gasteiger partial charge in [0.25, 0.3) is 0 Å². The van der Waals surface area contributed by atoms with Crippen LogP contribution in [0.3, 0.4) is 0 Å². The normalized spacial score (nSPS) is 35.6. The fraction of sp³-hybridized carbons (Fsp3) is 1.00. The first-order chi connectivity index (χ1) is 9.82. The third-order valence-corrected chi connectivity index (χ3v) is 6.18. The Morgan fingerprint density at radius 3 is 2.38 bits per heavy atom. The topological polar surface area (TPSA) is 15.3 Å². The van der Waals surface area contributed by atoms with E-state index in [1.54, 1.807) is 0 Å². The van der Waals surface area contributed by atoms with Crippen LogP contribution in [-0.2, 0) is 0 Å². The Balaban J connectivity index is 2.04. The van der Waals surface area contributed by atoms with Gasteiger partial charge in [-0.15, -0.1) is 0 Å². The quantitative estimate of drug-likeness (QED) is 0.837. The van der Waals surface area contributed by atoms with E-state index in [-0.39, 0.29) is 0 Å². The van der Waals surface area contributed by atoms with Gasteiger partial charge in [-0.1, -0.05) is 41.5 Å². The second kappa shape index (κ2) is 7.00. The van der Waals surface area contributed by atoms with Crippen LogP contribution >= 0.6 is 0 Å². The van der Waals surface area contributed by atoms with Gasteiger partial charge in [-0.05, 0) is 61.9 Å². The van der Waals surface area contributed by atoms with Crippen LogP contribution in [0.4, 0.5) is 0 Å². The lowest BCUT2D eigenvalue weighted by molar-refractivity contribution is 0.0686. The molecule has 2 aliphatic rings. The molecule has 0 bridgehead atoms. The number of hydrogen-bond acceptors (Lipinski definition) is 2. The average molecular weight is 295 g/mol. The summed E-state index contributed by atoms with van der Waals surface area (Å²) in [5.41, 5.74) is 0.465. The van der Waals surface area contributed by atoms with Crippen LogP contribution in [0.15, 0.2) is 0 Å². The number of nitrogens with zero attached hydrogens (tertiary/aromatic N) is 1. The maximum Gasteiger partial charge on any atom is 0.0252 e. The first-order valence-electron chi connectivity index (χ1n) is 9.30. The smallest absolute Gasteiger partial charge is 0.0252 e. The Kier molecular flexibility index (Phi) is 5.76. The summed E-state index contributed by atoms with van der Waals surface area (Å²) in [5, 5.41) is 3.79. The van der Waals surface area contributed by atoms with Gasteiger partial charge in [-0.2, -0.15) is 0 Å². The Morgan fingerprint density at radius 1 is 1.14 bits per heavy atom. The predicted molar refractivity (Wildman–Crippen MR) is 92.6 cm³/mol. The van der Waals surface area contributed by atoms with Gasteiger partial charge in [0, 0.05) is 18.6 Å². The number of likely N-dealkylation sites (N-methyl/N-ethyl adjacent to an activating group) is 1. The molecule has 2 heteroatoms. The SMILES string of the molecule is CCNC1CCC(C(C)(C)C)CC1N1CCC(C(C)C)C1. The Morgan fingerprint density at radius 2 is 1.86 bits per heavy atom. The molecule has 0 aromatic heterocycles. The van der Waals surface area contributed by atoms with Crippen LogP contribution < -0.4 is 5.32 Å². The van der Waals surface area contributed by atoms with E-state index in [0.29, 0.717) is 5.41 Å². The highest BCUT2D eigenvalue weighted by Gasteiger charge is 2.40. The summed E-state index contributed by atoms with van der Waals surface area (Å²) in [6.45, 7) is 18.1. The zero-order valence-electron chi connectivity index (χ0n) is 15.3. The lowest BCUT2D eigenvalue weighted by atomic mass is 9.69. The lowest BCUT2D eigenvalue weighted by Crippen LogP contribution is -2.54. The number of hydrogen-bond donors (Lipinski definition) is 1. The first-order valence-corrected chi connectivity index (χ1v) is 9.30. The van der Waals surface area contributed by atoms with Crippen LogP contribution in [0, 0.1) is 23.2 Å². The van der Waals surface area contributed by atoms with Crippen LogP contribution in [0.25, 0.3) is 0 Å². The van der Waals surface area contributed by atoms with Crippen molar-refractivity contribution >= 4 is 0 Å². The predicted octanol–water partition coefficient (Wildman–Crippen LogP) is 4.16. The summed E-state index contributed by atoms with van der Waals surface area (Å²) < 4.78 is 0. The van der Waals surface area contributed by atoms with E-state index in [9.17, 15) is 0 Å². The highest BCUT2D eigenvalue weighted by molar-refractivity contribution is 4.96. The van der Waals surface area contributed by atoms with E-state index in [0.717, 1.165) is 36.4 Å². The second-order valence-corrected chi connectivity index (χ2v) is 8.90. The van der Waals surface area contributed by atoms with Gasteiger partial charge in [-0.25, -0.2) is 0 Å². The highest BCUT2D eigenvalue weighted by atomic mass is 15.2. The van der Waals surface area contributed by atoms with Crippen molar-refractivity contribution < 1.29 is 0 Å². The maximum atomic E-state index is 3.79. The number of nitrogens with one attached hydrogen (secondary N) is 1. The summed E-state index contributed by atoms with van der Waals surface area (Å²) in [7, 11) is 0. The third-order valence-electron chi connectivity index (χ3n) is 6.18. The van der Waals surface area contributed by atoms with Gasteiger partial charge >= 0.3 is 0 Å². The molecule has 0 amide bonds.